The first kappa shape index (κ1) is 16.7. The highest BCUT2D eigenvalue weighted by atomic mass is 16.5. The summed E-state index contributed by atoms with van der Waals surface area (Å²) in [6.45, 7) is 3.64. The standard InChI is InChI=1S/C18H21NO4/c1-12-7-5-6-8-16(12)23-13(2)18(20)19-15-11-14(21-3)9-10-17(15)22-4/h5-11,13H,1-4H3,(H,19,20)/t13-/m1/s1. The van der Waals surface area contributed by atoms with E-state index >= 15 is 0 Å². The summed E-state index contributed by atoms with van der Waals surface area (Å²) in [4.78, 5) is 12.4. The number of methoxy groups -OCH3 is 2. The number of aryl methyl sites for hydroxylation is 1. The Balaban J connectivity index is 2.10. The Morgan fingerprint density at radius 3 is 2.43 bits per heavy atom. The van der Waals surface area contributed by atoms with Crippen LogP contribution in [0.4, 0.5) is 5.69 Å². The Bertz CT molecular complexity index is 684. The van der Waals surface area contributed by atoms with E-state index in [-0.39, 0.29) is 5.91 Å². The van der Waals surface area contributed by atoms with Crippen LogP contribution in [-0.4, -0.2) is 26.2 Å². The van der Waals surface area contributed by atoms with Gasteiger partial charge in [0.15, 0.2) is 6.10 Å². The summed E-state index contributed by atoms with van der Waals surface area (Å²) in [6.07, 6.45) is -0.646. The highest BCUT2D eigenvalue weighted by Gasteiger charge is 2.17. The average molecular weight is 315 g/mol. The van der Waals surface area contributed by atoms with Crippen LogP contribution in [-0.2, 0) is 4.79 Å². The van der Waals surface area contributed by atoms with Gasteiger partial charge in [0, 0.05) is 6.07 Å². The Hall–Kier alpha value is -2.69. The molecule has 0 unspecified atom stereocenters. The maximum Gasteiger partial charge on any atom is 0.265 e. The summed E-state index contributed by atoms with van der Waals surface area (Å²) in [5, 5.41) is 2.81. The summed E-state index contributed by atoms with van der Waals surface area (Å²) >= 11 is 0. The Morgan fingerprint density at radius 1 is 1.04 bits per heavy atom. The highest BCUT2D eigenvalue weighted by molar-refractivity contribution is 5.95. The van der Waals surface area contributed by atoms with Crippen molar-refractivity contribution in [2.75, 3.05) is 19.5 Å². The van der Waals surface area contributed by atoms with Gasteiger partial charge in [-0.3, -0.25) is 4.79 Å². The number of hydrogen-bond donors (Lipinski definition) is 1. The van der Waals surface area contributed by atoms with Crippen LogP contribution in [0.25, 0.3) is 0 Å². The van der Waals surface area contributed by atoms with Gasteiger partial charge in [-0.25, -0.2) is 0 Å². The normalized spacial score (nSPS) is 11.5. The molecule has 0 saturated heterocycles. The van der Waals surface area contributed by atoms with Crippen molar-refractivity contribution < 1.29 is 19.0 Å². The first-order chi connectivity index (χ1) is 11.0. The van der Waals surface area contributed by atoms with Crippen LogP contribution in [0.5, 0.6) is 17.2 Å². The molecule has 1 N–H and O–H groups in total. The third kappa shape index (κ3) is 4.16. The van der Waals surface area contributed by atoms with E-state index in [4.69, 9.17) is 14.2 Å². The molecule has 1 amide bonds. The van der Waals surface area contributed by atoms with Gasteiger partial charge in [0.05, 0.1) is 19.9 Å². The SMILES string of the molecule is COc1ccc(OC)c(NC(=O)[C@@H](C)Oc2ccccc2C)c1. The average Bonchev–Trinajstić information content (AvgIpc) is 2.56. The lowest BCUT2D eigenvalue weighted by Crippen LogP contribution is -2.30. The number of amides is 1. The maximum atomic E-state index is 12.4. The monoisotopic (exact) mass is 315 g/mol. The highest BCUT2D eigenvalue weighted by Crippen LogP contribution is 2.29. The van der Waals surface area contributed by atoms with Crippen LogP contribution in [0.15, 0.2) is 42.5 Å². The first-order valence-corrected chi connectivity index (χ1v) is 7.30. The number of anilines is 1. The summed E-state index contributed by atoms with van der Waals surface area (Å²) in [6, 6.07) is 12.8. The van der Waals surface area contributed by atoms with Crippen LogP contribution in [0.3, 0.4) is 0 Å². The first-order valence-electron chi connectivity index (χ1n) is 7.30. The zero-order valence-corrected chi connectivity index (χ0v) is 13.8. The van der Waals surface area contributed by atoms with E-state index in [0.29, 0.717) is 22.9 Å². The van der Waals surface area contributed by atoms with Gasteiger partial charge in [0.2, 0.25) is 0 Å². The van der Waals surface area contributed by atoms with Crippen molar-refractivity contribution in [3.63, 3.8) is 0 Å². The molecule has 0 fully saturated rings. The molecule has 2 aromatic carbocycles. The minimum absolute atomic E-state index is 0.264. The van der Waals surface area contributed by atoms with Gasteiger partial charge in [-0.05, 0) is 37.6 Å². The van der Waals surface area contributed by atoms with Crippen molar-refractivity contribution in [1.82, 2.24) is 0 Å². The molecule has 23 heavy (non-hydrogen) atoms. The number of benzene rings is 2. The molecule has 5 heteroatoms. The molecule has 0 saturated carbocycles. The van der Waals surface area contributed by atoms with Crippen molar-refractivity contribution >= 4 is 11.6 Å². The number of para-hydroxylation sites is 1. The van der Waals surface area contributed by atoms with Crippen molar-refractivity contribution in [3.05, 3.63) is 48.0 Å². The molecule has 5 nitrogen and oxygen atoms in total. The summed E-state index contributed by atoms with van der Waals surface area (Å²) in [5.74, 6) is 1.61. The van der Waals surface area contributed by atoms with Gasteiger partial charge in [-0.2, -0.15) is 0 Å². The van der Waals surface area contributed by atoms with E-state index in [2.05, 4.69) is 5.32 Å². The number of hydrogen-bond acceptors (Lipinski definition) is 4. The van der Waals surface area contributed by atoms with Gasteiger partial charge in [-0.1, -0.05) is 18.2 Å². The van der Waals surface area contributed by atoms with Crippen LogP contribution >= 0.6 is 0 Å². The predicted octanol–water partition coefficient (Wildman–Crippen LogP) is 3.42. The van der Waals surface area contributed by atoms with Gasteiger partial charge in [-0.15, -0.1) is 0 Å². The molecule has 0 bridgehead atoms. The van der Waals surface area contributed by atoms with E-state index in [9.17, 15) is 4.79 Å². The molecule has 0 aliphatic heterocycles. The fourth-order valence-electron chi connectivity index (χ4n) is 2.08. The second kappa shape index (κ2) is 7.54. The van der Waals surface area contributed by atoms with Gasteiger partial charge in [0.1, 0.15) is 17.2 Å². The third-order valence-corrected chi connectivity index (χ3v) is 3.43. The van der Waals surface area contributed by atoms with Crippen molar-refractivity contribution in [2.24, 2.45) is 0 Å². The summed E-state index contributed by atoms with van der Waals surface area (Å²) in [5.41, 5.74) is 1.52. The molecule has 1 atom stereocenters. The summed E-state index contributed by atoms with van der Waals surface area (Å²) in [7, 11) is 3.11. The zero-order valence-electron chi connectivity index (χ0n) is 13.8. The van der Waals surface area contributed by atoms with Crippen molar-refractivity contribution in [1.29, 1.82) is 0 Å². The molecule has 0 aromatic heterocycles. The lowest BCUT2D eigenvalue weighted by Gasteiger charge is -2.17. The maximum absolute atomic E-state index is 12.4. The number of rotatable bonds is 6. The largest absolute Gasteiger partial charge is 0.497 e. The smallest absolute Gasteiger partial charge is 0.265 e. The molecule has 2 rings (SSSR count). The van der Waals surface area contributed by atoms with Gasteiger partial charge < -0.3 is 19.5 Å². The lowest BCUT2D eigenvalue weighted by molar-refractivity contribution is -0.122. The van der Waals surface area contributed by atoms with Crippen LogP contribution in [0.2, 0.25) is 0 Å². The molecule has 0 aliphatic rings. The Kier molecular flexibility index (Phi) is 5.46. The minimum Gasteiger partial charge on any atom is -0.497 e. The molecule has 0 aliphatic carbocycles. The van der Waals surface area contributed by atoms with E-state index < -0.39 is 6.10 Å². The summed E-state index contributed by atoms with van der Waals surface area (Å²) < 4.78 is 16.1. The quantitative estimate of drug-likeness (QED) is 0.887. The van der Waals surface area contributed by atoms with Crippen molar-refractivity contribution in [3.8, 4) is 17.2 Å². The topological polar surface area (TPSA) is 56.8 Å². The molecular weight excluding hydrogens is 294 g/mol. The predicted molar refractivity (Wildman–Crippen MR) is 89.4 cm³/mol. The minimum atomic E-state index is -0.646. The van der Waals surface area contributed by atoms with Crippen LogP contribution in [0, 0.1) is 6.92 Å². The second-order valence-electron chi connectivity index (χ2n) is 5.08. The van der Waals surface area contributed by atoms with Crippen molar-refractivity contribution in [2.45, 2.75) is 20.0 Å². The fourth-order valence-corrected chi connectivity index (χ4v) is 2.08. The Morgan fingerprint density at radius 2 is 1.78 bits per heavy atom. The number of carbonyl (C=O) groups excluding carboxylic acids is 1. The Labute approximate surface area is 136 Å². The van der Waals surface area contributed by atoms with E-state index in [1.54, 1.807) is 39.3 Å². The zero-order chi connectivity index (χ0) is 16.8. The fraction of sp³-hybridized carbons (Fsp3) is 0.278. The molecule has 0 radical (unpaired) electrons. The van der Waals surface area contributed by atoms with E-state index in [1.165, 1.54) is 0 Å². The van der Waals surface area contributed by atoms with Crippen LogP contribution in [0.1, 0.15) is 12.5 Å². The van der Waals surface area contributed by atoms with Gasteiger partial charge in [0.25, 0.3) is 5.91 Å². The molecule has 2 aromatic rings. The number of carbonyl (C=O) groups is 1. The third-order valence-electron chi connectivity index (χ3n) is 3.43. The molecule has 122 valence electrons. The van der Waals surface area contributed by atoms with Crippen LogP contribution < -0.4 is 19.5 Å². The lowest BCUT2D eigenvalue weighted by atomic mass is 10.2. The van der Waals surface area contributed by atoms with E-state index in [0.717, 1.165) is 5.56 Å². The second-order valence-corrected chi connectivity index (χ2v) is 5.08. The molecular formula is C18H21NO4. The number of ether oxygens (including phenoxy) is 3. The molecule has 0 spiro atoms. The molecule has 0 heterocycles. The van der Waals surface area contributed by atoms with Gasteiger partial charge >= 0.3 is 0 Å². The number of nitrogens with one attached hydrogen (secondary N) is 1. The van der Waals surface area contributed by atoms with E-state index in [1.807, 2.05) is 31.2 Å².